The molecule has 0 aromatic rings. The maximum Gasteiger partial charge on any atom is 0.306 e. The number of carbonyl (C=O) groups excluding carboxylic acids is 3. The number of esters is 3. The van der Waals surface area contributed by atoms with Crippen molar-refractivity contribution >= 4 is 17.9 Å². The molecule has 0 radical (unpaired) electrons. The lowest BCUT2D eigenvalue weighted by Gasteiger charge is -2.18. The van der Waals surface area contributed by atoms with Gasteiger partial charge >= 0.3 is 17.9 Å². The van der Waals surface area contributed by atoms with E-state index in [1.54, 1.807) is 0 Å². The molecule has 0 aromatic carbocycles. The average Bonchev–Trinajstić information content (AvgIpc) is 3.47. The van der Waals surface area contributed by atoms with Crippen molar-refractivity contribution in [2.75, 3.05) is 13.2 Å². The van der Waals surface area contributed by atoms with Gasteiger partial charge in [0.2, 0.25) is 0 Å². The Morgan fingerprint density at radius 3 is 0.765 bits per heavy atom. The molecule has 0 saturated carbocycles. The summed E-state index contributed by atoms with van der Waals surface area (Å²) in [5, 5.41) is 0. The van der Waals surface area contributed by atoms with E-state index in [4.69, 9.17) is 14.2 Å². The summed E-state index contributed by atoms with van der Waals surface area (Å²) in [5.41, 5.74) is 0. The molecule has 0 rings (SSSR count). The monoisotopic (exact) mass is 1130 g/mol. The van der Waals surface area contributed by atoms with E-state index < -0.39 is 6.10 Å². The Morgan fingerprint density at radius 1 is 0.259 bits per heavy atom. The molecule has 0 aliphatic carbocycles. The van der Waals surface area contributed by atoms with Gasteiger partial charge in [-0.05, 0) is 89.9 Å². The van der Waals surface area contributed by atoms with Crippen molar-refractivity contribution in [1.29, 1.82) is 0 Å². The van der Waals surface area contributed by atoms with Crippen LogP contribution in [0.25, 0.3) is 0 Å². The van der Waals surface area contributed by atoms with Crippen LogP contribution in [0.4, 0.5) is 0 Å². The van der Waals surface area contributed by atoms with E-state index in [2.05, 4.69) is 93.7 Å². The number of rotatable bonds is 65. The molecule has 0 N–H and O–H groups in total. The lowest BCUT2D eigenvalue weighted by molar-refractivity contribution is -0.167. The molecule has 0 heterocycles. The zero-order valence-corrected chi connectivity index (χ0v) is 54.1. The first-order valence-electron chi connectivity index (χ1n) is 35.4. The van der Waals surface area contributed by atoms with Crippen molar-refractivity contribution in [2.24, 2.45) is 0 Å². The normalized spacial score (nSPS) is 12.5. The number of hydrogen-bond acceptors (Lipinski definition) is 6. The number of carbonyl (C=O) groups is 3. The summed E-state index contributed by atoms with van der Waals surface area (Å²) in [6.45, 7) is 6.54. The van der Waals surface area contributed by atoms with E-state index in [-0.39, 0.29) is 31.1 Å². The van der Waals surface area contributed by atoms with Crippen molar-refractivity contribution in [1.82, 2.24) is 0 Å². The van der Waals surface area contributed by atoms with Crippen LogP contribution in [0.15, 0.2) is 72.9 Å². The molecule has 1 atom stereocenters. The lowest BCUT2D eigenvalue weighted by Crippen LogP contribution is -2.30. The van der Waals surface area contributed by atoms with Crippen LogP contribution in [0.5, 0.6) is 0 Å². The first kappa shape index (κ1) is 77.9. The summed E-state index contributed by atoms with van der Waals surface area (Å²) in [5.74, 6) is -0.891. The minimum atomic E-state index is -0.790. The highest BCUT2D eigenvalue weighted by molar-refractivity contribution is 5.71. The van der Waals surface area contributed by atoms with Gasteiger partial charge in [0.15, 0.2) is 6.10 Å². The van der Waals surface area contributed by atoms with Gasteiger partial charge in [0.25, 0.3) is 0 Å². The summed E-state index contributed by atoms with van der Waals surface area (Å²) in [7, 11) is 0. The fourth-order valence-corrected chi connectivity index (χ4v) is 10.4. The Kier molecular flexibility index (Phi) is 66.6. The fraction of sp³-hybridized carbons (Fsp3) is 0.800. The summed E-state index contributed by atoms with van der Waals surface area (Å²) in [6, 6.07) is 0. The van der Waals surface area contributed by atoms with Gasteiger partial charge in [-0.1, -0.05) is 331 Å². The highest BCUT2D eigenvalue weighted by Crippen LogP contribution is 2.18. The van der Waals surface area contributed by atoms with Gasteiger partial charge in [-0.15, -0.1) is 0 Å². The number of unbranched alkanes of at least 4 members (excludes halogenated alkanes) is 42. The molecule has 0 aliphatic rings. The summed E-state index contributed by atoms with van der Waals surface area (Å²) < 4.78 is 17.0. The zero-order valence-electron chi connectivity index (χ0n) is 54.1. The SMILES string of the molecule is CC/C=C\C/C=C\C/C=C\C/C=C\CCCCCCCCC(=O)OC(COC(=O)CCCCCCC/C=C\C/C=C\CCCCCC)COC(=O)CCCCCCCCCCCCCCCCCCCCCCCCCCCCCC. The van der Waals surface area contributed by atoms with Crippen molar-refractivity contribution in [3.63, 3.8) is 0 Å². The molecule has 81 heavy (non-hydrogen) atoms. The van der Waals surface area contributed by atoms with Crippen LogP contribution in [0.2, 0.25) is 0 Å². The maximum absolute atomic E-state index is 12.9. The molecule has 0 amide bonds. The van der Waals surface area contributed by atoms with Gasteiger partial charge in [0, 0.05) is 19.3 Å². The van der Waals surface area contributed by atoms with Gasteiger partial charge in [0.1, 0.15) is 13.2 Å². The highest BCUT2D eigenvalue weighted by Gasteiger charge is 2.19. The van der Waals surface area contributed by atoms with E-state index in [1.165, 1.54) is 212 Å². The number of allylic oxidation sites excluding steroid dienone is 12. The second kappa shape index (κ2) is 69.3. The van der Waals surface area contributed by atoms with E-state index in [9.17, 15) is 14.4 Å². The second-order valence-electron chi connectivity index (χ2n) is 23.8. The molecule has 0 aromatic heterocycles. The molecule has 0 saturated heterocycles. The first-order chi connectivity index (χ1) is 40.0. The minimum Gasteiger partial charge on any atom is -0.462 e. The fourth-order valence-electron chi connectivity index (χ4n) is 10.4. The first-order valence-corrected chi connectivity index (χ1v) is 35.4. The predicted molar refractivity (Wildman–Crippen MR) is 353 cm³/mol. The van der Waals surface area contributed by atoms with Crippen molar-refractivity contribution in [3.8, 4) is 0 Å². The van der Waals surface area contributed by atoms with E-state index in [0.29, 0.717) is 19.3 Å². The molecule has 0 aliphatic heterocycles. The maximum atomic E-state index is 12.9. The second-order valence-corrected chi connectivity index (χ2v) is 23.8. The van der Waals surface area contributed by atoms with E-state index >= 15 is 0 Å². The van der Waals surface area contributed by atoms with E-state index in [1.807, 2.05) is 0 Å². The molecule has 6 nitrogen and oxygen atoms in total. The molecular formula is C75H134O6. The summed E-state index contributed by atoms with van der Waals surface area (Å²) in [4.78, 5) is 38.4. The van der Waals surface area contributed by atoms with Crippen LogP contribution in [0, 0.1) is 0 Å². The third-order valence-corrected chi connectivity index (χ3v) is 15.7. The van der Waals surface area contributed by atoms with Gasteiger partial charge in [-0.3, -0.25) is 14.4 Å². The Labute approximate surface area is 503 Å². The van der Waals surface area contributed by atoms with Crippen LogP contribution in [-0.2, 0) is 28.6 Å². The Hall–Kier alpha value is -3.15. The van der Waals surface area contributed by atoms with Crippen molar-refractivity contribution < 1.29 is 28.6 Å². The standard InChI is InChI=1S/C75H134O6/c1-4-7-10-13-16-19-22-25-28-31-33-34-35-36-37-38-39-40-41-43-44-47-50-53-56-59-62-65-68-74(77)80-71-72(70-79-73(76)67-64-61-58-55-52-49-46-30-27-24-21-18-15-12-9-6-3)81-75(78)69-66-63-60-57-54-51-48-45-42-32-29-26-23-20-17-14-11-8-5-2/h8,11,17,20-21,24,26,29-30,42,45-46,72H,4-7,9-10,12-16,18-19,22-23,25,27-28,31-41,43-44,47-71H2,1-3H3/b11-8-,20-17-,24-21-,29-26-,45-42-,46-30-. The smallest absolute Gasteiger partial charge is 0.306 e. The molecule has 0 bridgehead atoms. The van der Waals surface area contributed by atoms with Gasteiger partial charge in [-0.2, -0.15) is 0 Å². The molecular weight excluding hydrogens is 997 g/mol. The van der Waals surface area contributed by atoms with Gasteiger partial charge in [-0.25, -0.2) is 0 Å². The van der Waals surface area contributed by atoms with E-state index in [0.717, 1.165) is 116 Å². The Bertz CT molecular complexity index is 1490. The average molecular weight is 1130 g/mol. The third-order valence-electron chi connectivity index (χ3n) is 15.7. The summed E-state index contributed by atoms with van der Waals surface area (Å²) >= 11 is 0. The Balaban J connectivity index is 4.28. The molecule has 470 valence electrons. The molecule has 1 unspecified atom stereocenters. The number of hydrogen-bond donors (Lipinski definition) is 0. The summed E-state index contributed by atoms with van der Waals surface area (Å²) in [6.07, 6.45) is 90.8. The molecule has 0 fully saturated rings. The number of ether oxygens (including phenoxy) is 3. The van der Waals surface area contributed by atoms with Gasteiger partial charge in [0.05, 0.1) is 0 Å². The minimum absolute atomic E-state index is 0.0829. The lowest BCUT2D eigenvalue weighted by atomic mass is 10.0. The largest absolute Gasteiger partial charge is 0.462 e. The van der Waals surface area contributed by atoms with Crippen molar-refractivity contribution in [3.05, 3.63) is 72.9 Å². The van der Waals surface area contributed by atoms with Crippen LogP contribution < -0.4 is 0 Å². The quantitative estimate of drug-likeness (QED) is 0.0261. The predicted octanol–water partition coefficient (Wildman–Crippen LogP) is 24.4. The zero-order chi connectivity index (χ0) is 58.5. The van der Waals surface area contributed by atoms with Crippen molar-refractivity contribution in [2.45, 2.75) is 374 Å². The van der Waals surface area contributed by atoms with Crippen LogP contribution in [0.3, 0.4) is 0 Å². The van der Waals surface area contributed by atoms with Crippen LogP contribution in [0.1, 0.15) is 367 Å². The third kappa shape index (κ3) is 67.5. The Morgan fingerprint density at radius 2 is 0.481 bits per heavy atom. The van der Waals surface area contributed by atoms with Crippen LogP contribution >= 0.6 is 0 Å². The molecule has 6 heteroatoms. The van der Waals surface area contributed by atoms with Gasteiger partial charge < -0.3 is 14.2 Å². The van der Waals surface area contributed by atoms with Crippen LogP contribution in [-0.4, -0.2) is 37.2 Å². The highest BCUT2D eigenvalue weighted by atomic mass is 16.6. The topological polar surface area (TPSA) is 78.9 Å². The molecule has 0 spiro atoms.